The van der Waals surface area contributed by atoms with Crippen LogP contribution in [0.3, 0.4) is 0 Å². The molecule has 0 aliphatic carbocycles. The molecule has 310 valence electrons. The van der Waals surface area contributed by atoms with Crippen molar-refractivity contribution in [3.05, 3.63) is 224 Å². The SMILES string of the molecule is c1ccc(-c2cc3ccccc3n2-c2c(-n3c(-c4ccccc4)nc4ccccc43)nc(-n3c(-c4ccccc4)nc4ccccc43)nc2-n2c(-c3ccccc3)nc3ccccc32)cc1. The molecule has 0 atom stereocenters. The molecule has 0 unspecified atom stereocenters. The molecular formula is C57H37N9. The van der Waals surface area contributed by atoms with Crippen LogP contribution in [0.25, 0.3) is 113 Å². The average molecular weight is 848 g/mol. The highest BCUT2D eigenvalue weighted by Gasteiger charge is 2.31. The number of hydrogen-bond donors (Lipinski definition) is 0. The summed E-state index contributed by atoms with van der Waals surface area (Å²) in [5, 5.41) is 1.07. The van der Waals surface area contributed by atoms with Crippen LogP contribution >= 0.6 is 0 Å². The molecule has 0 saturated carbocycles. The van der Waals surface area contributed by atoms with Crippen LogP contribution < -0.4 is 0 Å². The molecule has 0 N–H and O–H groups in total. The molecule has 5 heterocycles. The topological polar surface area (TPSA) is 84.2 Å². The van der Waals surface area contributed by atoms with Gasteiger partial charge < -0.3 is 4.57 Å². The predicted octanol–water partition coefficient (Wildman–Crippen LogP) is 13.1. The summed E-state index contributed by atoms with van der Waals surface area (Å²) in [4.78, 5) is 27.8. The number of rotatable bonds is 8. The van der Waals surface area contributed by atoms with Crippen LogP contribution in [0.4, 0.5) is 0 Å². The summed E-state index contributed by atoms with van der Waals surface area (Å²) in [6.45, 7) is 0. The number of aromatic nitrogens is 9. The fourth-order valence-electron chi connectivity index (χ4n) is 9.30. The zero-order valence-electron chi connectivity index (χ0n) is 35.4. The van der Waals surface area contributed by atoms with Gasteiger partial charge in [-0.3, -0.25) is 13.7 Å². The first-order valence-electron chi connectivity index (χ1n) is 21.9. The average Bonchev–Trinajstić information content (AvgIpc) is 4.18. The molecule has 66 heavy (non-hydrogen) atoms. The number of nitrogens with zero attached hydrogens (tertiary/aromatic N) is 9. The van der Waals surface area contributed by atoms with Crippen LogP contribution in [0.2, 0.25) is 0 Å². The van der Waals surface area contributed by atoms with Crippen molar-refractivity contribution in [2.24, 2.45) is 0 Å². The second kappa shape index (κ2) is 15.3. The Morgan fingerprint density at radius 2 is 0.621 bits per heavy atom. The molecule has 0 aliphatic heterocycles. The summed E-state index contributed by atoms with van der Waals surface area (Å²) >= 11 is 0. The van der Waals surface area contributed by atoms with Gasteiger partial charge in [0.15, 0.2) is 11.6 Å². The lowest BCUT2D eigenvalue weighted by Crippen LogP contribution is -2.18. The number of hydrogen-bond acceptors (Lipinski definition) is 5. The van der Waals surface area contributed by atoms with Crippen molar-refractivity contribution in [2.45, 2.75) is 0 Å². The van der Waals surface area contributed by atoms with Crippen molar-refractivity contribution in [2.75, 3.05) is 0 Å². The molecule has 0 bridgehead atoms. The van der Waals surface area contributed by atoms with E-state index in [0.717, 1.165) is 95.1 Å². The van der Waals surface area contributed by atoms with E-state index in [9.17, 15) is 0 Å². The highest BCUT2D eigenvalue weighted by Crippen LogP contribution is 2.42. The molecule has 0 aliphatic rings. The van der Waals surface area contributed by atoms with Gasteiger partial charge in [0.2, 0.25) is 5.95 Å². The molecule has 0 amide bonds. The van der Waals surface area contributed by atoms with Crippen LogP contribution in [0.1, 0.15) is 0 Å². The summed E-state index contributed by atoms with van der Waals surface area (Å²) in [7, 11) is 0. The zero-order valence-corrected chi connectivity index (χ0v) is 35.4. The second-order valence-corrected chi connectivity index (χ2v) is 16.2. The van der Waals surface area contributed by atoms with E-state index in [0.29, 0.717) is 17.6 Å². The largest absolute Gasteiger partial charge is 0.303 e. The summed E-state index contributed by atoms with van der Waals surface area (Å²) in [5.74, 6) is 3.87. The lowest BCUT2D eigenvalue weighted by atomic mass is 10.1. The normalized spacial score (nSPS) is 11.6. The maximum Gasteiger partial charge on any atom is 0.240 e. The van der Waals surface area contributed by atoms with Crippen LogP contribution in [0.5, 0.6) is 0 Å². The maximum atomic E-state index is 5.86. The Morgan fingerprint density at radius 3 is 1.08 bits per heavy atom. The van der Waals surface area contributed by atoms with E-state index < -0.39 is 0 Å². The van der Waals surface area contributed by atoms with E-state index in [1.807, 2.05) is 60.7 Å². The third-order valence-corrected chi connectivity index (χ3v) is 12.2. The smallest absolute Gasteiger partial charge is 0.240 e. The quantitative estimate of drug-likeness (QED) is 0.152. The minimum absolute atomic E-state index is 0.433. The fourth-order valence-corrected chi connectivity index (χ4v) is 9.30. The van der Waals surface area contributed by atoms with Gasteiger partial charge in [0.1, 0.15) is 23.2 Å². The van der Waals surface area contributed by atoms with Crippen molar-refractivity contribution < 1.29 is 0 Å². The fraction of sp³-hybridized carbons (Fsp3) is 0. The van der Waals surface area contributed by atoms with E-state index in [1.165, 1.54) is 0 Å². The van der Waals surface area contributed by atoms with Gasteiger partial charge in [0, 0.05) is 22.1 Å². The second-order valence-electron chi connectivity index (χ2n) is 16.2. The maximum absolute atomic E-state index is 5.86. The molecule has 0 fully saturated rings. The highest BCUT2D eigenvalue weighted by atomic mass is 15.3. The lowest BCUT2D eigenvalue weighted by molar-refractivity contribution is 0.864. The standard InChI is InChI=1S/C57H37N9/c1-5-21-38(22-6-1)50-37-42-29-13-17-33-46(42)63(50)51-55(64-47-34-18-14-30-43(47)58-52(64)39-23-7-2-8-24-39)61-57(66-49-36-20-16-32-45(49)60-54(66)41-27-11-4-12-28-41)62-56(51)65-48-35-19-15-31-44(48)59-53(65)40-25-9-3-10-26-40/h1-37H. The first kappa shape index (κ1) is 37.4. The summed E-state index contributed by atoms with van der Waals surface area (Å²) < 4.78 is 8.84. The van der Waals surface area contributed by atoms with Gasteiger partial charge in [-0.2, -0.15) is 9.97 Å². The van der Waals surface area contributed by atoms with Crippen molar-refractivity contribution in [1.29, 1.82) is 0 Å². The third kappa shape index (κ3) is 5.98. The number of benzene rings is 8. The molecule has 0 radical (unpaired) electrons. The number of fused-ring (bicyclic) bond motifs is 4. The monoisotopic (exact) mass is 847 g/mol. The minimum atomic E-state index is 0.433. The van der Waals surface area contributed by atoms with E-state index in [-0.39, 0.29) is 0 Å². The van der Waals surface area contributed by atoms with E-state index in [1.54, 1.807) is 0 Å². The molecule has 8 aromatic carbocycles. The summed E-state index contributed by atoms with van der Waals surface area (Å²) in [5.41, 5.74) is 11.7. The Morgan fingerprint density at radius 1 is 0.273 bits per heavy atom. The first-order valence-corrected chi connectivity index (χ1v) is 21.9. The lowest BCUT2D eigenvalue weighted by Gasteiger charge is -2.23. The van der Waals surface area contributed by atoms with E-state index in [2.05, 4.69) is 182 Å². The van der Waals surface area contributed by atoms with Crippen molar-refractivity contribution >= 4 is 44.0 Å². The molecule has 13 aromatic rings. The van der Waals surface area contributed by atoms with E-state index in [4.69, 9.17) is 24.9 Å². The Hall–Kier alpha value is -9.21. The number of imidazole rings is 3. The Balaban J connectivity index is 1.29. The molecule has 0 spiro atoms. The number of para-hydroxylation sites is 7. The van der Waals surface area contributed by atoms with Gasteiger partial charge in [-0.05, 0) is 54.1 Å². The first-order chi connectivity index (χ1) is 32.8. The summed E-state index contributed by atoms with van der Waals surface area (Å²) in [6, 6.07) is 77.0. The molecule has 0 saturated heterocycles. The van der Waals surface area contributed by atoms with Gasteiger partial charge in [-0.25, -0.2) is 15.0 Å². The predicted molar refractivity (Wildman–Crippen MR) is 264 cm³/mol. The molecule has 9 heteroatoms. The van der Waals surface area contributed by atoms with Gasteiger partial charge in [-0.1, -0.05) is 176 Å². The third-order valence-electron chi connectivity index (χ3n) is 12.2. The molecule has 9 nitrogen and oxygen atoms in total. The van der Waals surface area contributed by atoms with Crippen LogP contribution in [0.15, 0.2) is 224 Å². The summed E-state index contributed by atoms with van der Waals surface area (Å²) in [6.07, 6.45) is 0. The zero-order chi connectivity index (χ0) is 43.6. The Kier molecular flexibility index (Phi) is 8.63. The van der Waals surface area contributed by atoms with Crippen LogP contribution in [0, 0.1) is 0 Å². The van der Waals surface area contributed by atoms with Crippen molar-refractivity contribution in [1.82, 2.24) is 43.2 Å². The van der Waals surface area contributed by atoms with Gasteiger partial charge in [-0.15, -0.1) is 0 Å². The Labute approximate surface area is 378 Å². The van der Waals surface area contributed by atoms with Crippen molar-refractivity contribution in [3.63, 3.8) is 0 Å². The van der Waals surface area contributed by atoms with Gasteiger partial charge in [0.05, 0.1) is 44.3 Å². The van der Waals surface area contributed by atoms with Crippen molar-refractivity contribution in [3.8, 4) is 68.7 Å². The van der Waals surface area contributed by atoms with Crippen LogP contribution in [-0.4, -0.2) is 43.2 Å². The molecule has 5 aromatic heterocycles. The Bertz CT molecular complexity index is 3780. The minimum Gasteiger partial charge on any atom is -0.303 e. The van der Waals surface area contributed by atoms with Crippen LogP contribution in [-0.2, 0) is 0 Å². The van der Waals surface area contributed by atoms with Gasteiger partial charge >= 0.3 is 0 Å². The molecular weight excluding hydrogens is 811 g/mol. The van der Waals surface area contributed by atoms with E-state index >= 15 is 0 Å². The molecule has 13 rings (SSSR count). The van der Waals surface area contributed by atoms with Gasteiger partial charge in [0.25, 0.3) is 0 Å². The highest BCUT2D eigenvalue weighted by molar-refractivity contribution is 5.94.